The molecule has 0 fully saturated rings. The minimum Gasteiger partial charge on any atom is -0.363 e. The van der Waals surface area contributed by atoms with Gasteiger partial charge in [0.05, 0.1) is 16.3 Å². The van der Waals surface area contributed by atoms with Gasteiger partial charge in [-0.1, -0.05) is 12.1 Å². The predicted octanol–water partition coefficient (Wildman–Crippen LogP) is 3.37. The van der Waals surface area contributed by atoms with E-state index in [9.17, 15) is 8.42 Å². The summed E-state index contributed by atoms with van der Waals surface area (Å²) < 4.78 is 24.1. The average Bonchev–Trinajstić information content (AvgIpc) is 3.21. The van der Waals surface area contributed by atoms with Crippen LogP contribution >= 0.6 is 0 Å². The minimum atomic E-state index is -3.30. The number of pyridine rings is 1. The van der Waals surface area contributed by atoms with Gasteiger partial charge < -0.3 is 9.88 Å². The van der Waals surface area contributed by atoms with Gasteiger partial charge in [-0.25, -0.2) is 23.4 Å². The minimum absolute atomic E-state index is 0.253. The topological polar surface area (TPSA) is 91.8 Å². The summed E-state index contributed by atoms with van der Waals surface area (Å²) >= 11 is 0. The zero-order chi connectivity index (χ0) is 20.9. The summed E-state index contributed by atoms with van der Waals surface area (Å²) in [5.74, 6) is 0. The van der Waals surface area contributed by atoms with E-state index in [0.29, 0.717) is 6.54 Å². The van der Waals surface area contributed by atoms with Crippen LogP contribution < -0.4 is 4.90 Å². The van der Waals surface area contributed by atoms with E-state index >= 15 is 0 Å². The number of sulfone groups is 1. The molecule has 0 radical (unpaired) electrons. The fourth-order valence-electron chi connectivity index (χ4n) is 4.15. The molecular formula is C22H21N5O2S. The van der Waals surface area contributed by atoms with Gasteiger partial charge in [0.25, 0.3) is 0 Å². The molecule has 0 spiro atoms. The quantitative estimate of drug-likeness (QED) is 0.547. The second-order valence-corrected chi connectivity index (χ2v) is 9.71. The van der Waals surface area contributed by atoms with E-state index < -0.39 is 9.84 Å². The zero-order valence-corrected chi connectivity index (χ0v) is 17.5. The Hall–Kier alpha value is -3.26. The standard InChI is InChI=1S/C22H21N5O2S/c1-14-10-19-18(12-27(14)20-7-9-24-22-17(20)6-8-23-22)21(26-13-25-19)15-4-3-5-16(11-15)30(2,28)29/h3-9,11,13-14H,10,12H2,1-2H3,(H,23,24). The monoisotopic (exact) mass is 419 g/mol. The van der Waals surface area contributed by atoms with Gasteiger partial charge in [-0.2, -0.15) is 0 Å². The first-order valence-electron chi connectivity index (χ1n) is 9.74. The SMILES string of the molecule is CC1Cc2ncnc(-c3cccc(S(C)(=O)=O)c3)c2CN1c1ccnc2[nH]ccc12. The van der Waals surface area contributed by atoms with E-state index in [1.54, 1.807) is 24.5 Å². The lowest BCUT2D eigenvalue weighted by molar-refractivity contribution is 0.581. The van der Waals surface area contributed by atoms with Crippen LogP contribution in [0.4, 0.5) is 5.69 Å². The second kappa shape index (κ2) is 6.91. The van der Waals surface area contributed by atoms with E-state index in [4.69, 9.17) is 0 Å². The molecule has 5 rings (SSSR count). The molecule has 3 aromatic heterocycles. The molecule has 30 heavy (non-hydrogen) atoms. The molecule has 0 aliphatic carbocycles. The first-order chi connectivity index (χ1) is 14.4. The number of hydrogen-bond acceptors (Lipinski definition) is 6. The van der Waals surface area contributed by atoms with Crippen molar-refractivity contribution in [1.82, 2.24) is 19.9 Å². The summed E-state index contributed by atoms with van der Waals surface area (Å²) in [4.78, 5) is 19.3. The van der Waals surface area contributed by atoms with Crippen LogP contribution in [-0.4, -0.2) is 40.7 Å². The molecule has 1 N–H and O–H groups in total. The molecule has 1 aromatic carbocycles. The number of aromatic nitrogens is 4. The van der Waals surface area contributed by atoms with Crippen molar-refractivity contribution in [2.24, 2.45) is 0 Å². The highest BCUT2D eigenvalue weighted by Crippen LogP contribution is 2.35. The van der Waals surface area contributed by atoms with Crippen molar-refractivity contribution in [1.29, 1.82) is 0 Å². The van der Waals surface area contributed by atoms with Gasteiger partial charge in [0.15, 0.2) is 9.84 Å². The van der Waals surface area contributed by atoms with Crippen molar-refractivity contribution in [3.63, 3.8) is 0 Å². The number of nitrogens with zero attached hydrogens (tertiary/aromatic N) is 4. The van der Waals surface area contributed by atoms with E-state index in [1.165, 1.54) is 6.26 Å². The van der Waals surface area contributed by atoms with Crippen molar-refractivity contribution >= 4 is 26.6 Å². The summed E-state index contributed by atoms with van der Waals surface area (Å²) in [6.07, 6.45) is 7.28. The van der Waals surface area contributed by atoms with Crippen LogP contribution in [0, 0.1) is 0 Å². The van der Waals surface area contributed by atoms with Gasteiger partial charge >= 0.3 is 0 Å². The molecule has 0 amide bonds. The van der Waals surface area contributed by atoms with Crippen molar-refractivity contribution in [2.45, 2.75) is 30.8 Å². The lowest BCUT2D eigenvalue weighted by atomic mass is 9.95. The normalized spacial score (nSPS) is 16.6. The maximum absolute atomic E-state index is 12.0. The summed E-state index contributed by atoms with van der Waals surface area (Å²) in [6, 6.07) is 11.3. The lowest BCUT2D eigenvalue weighted by Gasteiger charge is -2.37. The molecule has 0 bridgehead atoms. The highest BCUT2D eigenvalue weighted by molar-refractivity contribution is 7.90. The summed E-state index contributed by atoms with van der Waals surface area (Å²) in [7, 11) is -3.30. The highest BCUT2D eigenvalue weighted by Gasteiger charge is 2.28. The van der Waals surface area contributed by atoms with Crippen LogP contribution in [0.25, 0.3) is 22.3 Å². The van der Waals surface area contributed by atoms with Gasteiger partial charge in [0, 0.05) is 59.9 Å². The fourth-order valence-corrected chi connectivity index (χ4v) is 4.82. The Kier molecular flexibility index (Phi) is 4.32. The molecule has 8 heteroatoms. The number of rotatable bonds is 3. The maximum Gasteiger partial charge on any atom is 0.175 e. The van der Waals surface area contributed by atoms with Crippen LogP contribution in [0.1, 0.15) is 18.2 Å². The number of aromatic amines is 1. The molecule has 1 aliphatic rings. The second-order valence-electron chi connectivity index (χ2n) is 7.70. The third kappa shape index (κ3) is 3.13. The Labute approximate surface area is 174 Å². The number of nitrogens with one attached hydrogen (secondary N) is 1. The van der Waals surface area contributed by atoms with E-state index in [1.807, 2.05) is 30.6 Å². The average molecular weight is 420 g/mol. The number of anilines is 1. The van der Waals surface area contributed by atoms with Crippen LogP contribution in [0.2, 0.25) is 0 Å². The van der Waals surface area contributed by atoms with Gasteiger partial charge in [-0.15, -0.1) is 0 Å². The fraction of sp³-hybridized carbons (Fsp3) is 0.227. The van der Waals surface area contributed by atoms with Gasteiger partial charge in [0.2, 0.25) is 0 Å². The summed E-state index contributed by atoms with van der Waals surface area (Å²) in [5, 5.41) is 1.07. The Bertz CT molecular complexity index is 1360. The maximum atomic E-state index is 12.0. The van der Waals surface area contributed by atoms with Crippen LogP contribution in [0.3, 0.4) is 0 Å². The molecule has 7 nitrogen and oxygen atoms in total. The Balaban J connectivity index is 1.62. The van der Waals surface area contributed by atoms with Crippen LogP contribution in [0.5, 0.6) is 0 Å². The first kappa shape index (κ1) is 18.7. The van der Waals surface area contributed by atoms with Crippen LogP contribution in [-0.2, 0) is 22.8 Å². The van der Waals surface area contributed by atoms with E-state index in [2.05, 4.69) is 31.8 Å². The van der Waals surface area contributed by atoms with Crippen molar-refractivity contribution in [2.75, 3.05) is 11.2 Å². The highest BCUT2D eigenvalue weighted by atomic mass is 32.2. The molecule has 0 saturated carbocycles. The number of H-pyrrole nitrogens is 1. The molecule has 1 unspecified atom stereocenters. The van der Waals surface area contributed by atoms with E-state index in [-0.39, 0.29) is 10.9 Å². The number of hydrogen-bond donors (Lipinski definition) is 1. The van der Waals surface area contributed by atoms with Crippen molar-refractivity contribution < 1.29 is 8.42 Å². The zero-order valence-electron chi connectivity index (χ0n) is 16.7. The van der Waals surface area contributed by atoms with Crippen molar-refractivity contribution in [3.05, 3.63) is 66.4 Å². The Morgan fingerprint density at radius 2 is 2.00 bits per heavy atom. The Morgan fingerprint density at radius 3 is 2.83 bits per heavy atom. The summed E-state index contributed by atoms with van der Waals surface area (Å²) in [5.41, 5.74) is 5.57. The van der Waals surface area contributed by atoms with Gasteiger partial charge in [0.1, 0.15) is 12.0 Å². The molecular weight excluding hydrogens is 398 g/mol. The molecule has 1 atom stereocenters. The third-order valence-electron chi connectivity index (χ3n) is 5.67. The third-order valence-corrected chi connectivity index (χ3v) is 6.78. The number of benzene rings is 1. The van der Waals surface area contributed by atoms with Crippen molar-refractivity contribution in [3.8, 4) is 11.3 Å². The smallest absolute Gasteiger partial charge is 0.175 e. The predicted molar refractivity (Wildman–Crippen MR) is 116 cm³/mol. The van der Waals surface area contributed by atoms with E-state index in [0.717, 1.165) is 45.7 Å². The molecule has 1 aliphatic heterocycles. The molecule has 4 heterocycles. The Morgan fingerprint density at radius 1 is 1.13 bits per heavy atom. The van der Waals surface area contributed by atoms with Gasteiger partial charge in [-0.3, -0.25) is 0 Å². The van der Waals surface area contributed by atoms with Gasteiger partial charge in [-0.05, 0) is 31.2 Å². The molecule has 4 aromatic rings. The lowest BCUT2D eigenvalue weighted by Crippen LogP contribution is -2.39. The largest absolute Gasteiger partial charge is 0.363 e. The number of fused-ring (bicyclic) bond motifs is 2. The first-order valence-corrected chi connectivity index (χ1v) is 11.6. The molecule has 152 valence electrons. The molecule has 0 saturated heterocycles. The van der Waals surface area contributed by atoms with Crippen LogP contribution in [0.15, 0.2) is 60.0 Å². The summed E-state index contributed by atoms with van der Waals surface area (Å²) in [6.45, 7) is 2.83.